The van der Waals surface area contributed by atoms with Crippen molar-refractivity contribution < 1.29 is 19.4 Å². The Morgan fingerprint density at radius 3 is 2.70 bits per heavy atom. The second-order valence-corrected chi connectivity index (χ2v) is 8.72. The quantitative estimate of drug-likeness (QED) is 0.818. The molecule has 2 bridgehead atoms. The fourth-order valence-corrected chi connectivity index (χ4v) is 5.20. The molecule has 27 heavy (non-hydrogen) atoms. The van der Waals surface area contributed by atoms with Crippen LogP contribution in [0.25, 0.3) is 0 Å². The molecule has 0 spiro atoms. The van der Waals surface area contributed by atoms with Crippen molar-refractivity contribution in [3.8, 4) is 0 Å². The van der Waals surface area contributed by atoms with Gasteiger partial charge >= 0.3 is 0 Å². The average molecular weight is 374 g/mol. The molecule has 4 rings (SSSR count). The first kappa shape index (κ1) is 18.9. The minimum Gasteiger partial charge on any atom is -0.389 e. The van der Waals surface area contributed by atoms with Gasteiger partial charge in [-0.05, 0) is 44.1 Å². The van der Waals surface area contributed by atoms with E-state index in [4.69, 9.17) is 15.2 Å². The number of hydrogen-bond donors (Lipinski definition) is 2. The van der Waals surface area contributed by atoms with Crippen LogP contribution in [0, 0.1) is 0 Å². The predicted molar refractivity (Wildman–Crippen MR) is 101 cm³/mol. The van der Waals surface area contributed by atoms with E-state index in [0.717, 1.165) is 19.3 Å². The Morgan fingerprint density at radius 2 is 2.00 bits per heavy atom. The summed E-state index contributed by atoms with van der Waals surface area (Å²) in [5, 5.41) is 10.9. The Labute approximate surface area is 160 Å². The molecule has 3 aliphatic heterocycles. The number of carbonyl (C=O) groups is 1. The smallest absolute Gasteiger partial charge is 0.248 e. The number of hydrogen-bond acceptors (Lipinski definition) is 5. The number of fused-ring (bicyclic) bond motifs is 2. The second kappa shape index (κ2) is 6.85. The highest BCUT2D eigenvalue weighted by Crippen LogP contribution is 2.51. The molecule has 3 aliphatic rings. The van der Waals surface area contributed by atoms with Crippen LogP contribution in [-0.4, -0.2) is 65.6 Å². The van der Waals surface area contributed by atoms with Gasteiger partial charge in [-0.3, -0.25) is 4.79 Å². The molecule has 1 aromatic carbocycles. The minimum absolute atomic E-state index is 0.00816. The third-order valence-electron chi connectivity index (χ3n) is 6.74. The largest absolute Gasteiger partial charge is 0.389 e. The van der Waals surface area contributed by atoms with Gasteiger partial charge in [0.2, 0.25) is 5.91 Å². The summed E-state index contributed by atoms with van der Waals surface area (Å²) in [6.07, 6.45) is 1.97. The van der Waals surface area contributed by atoms with E-state index in [9.17, 15) is 9.90 Å². The maximum atomic E-state index is 11.9. The zero-order valence-electron chi connectivity index (χ0n) is 16.1. The van der Waals surface area contributed by atoms with Crippen LogP contribution in [0.5, 0.6) is 0 Å². The number of nitrogens with zero attached hydrogens (tertiary/aromatic N) is 1. The molecule has 6 nitrogen and oxygen atoms in total. The molecule has 0 aromatic heterocycles. The number of morpholine rings is 1. The standard InChI is InChI=1S/C21H30N2O4/c1-20-10-15(14-6-4-3-5-7-14)11-21(27-20,9-8-16(22)19(20)25)17-12-23(2)18(24)13-26-17/h3-7,15-17,19,25H,8-13,22H2,1-2H3/t15-,16+,17?,19-,20+,21?/m1/s1. The lowest BCUT2D eigenvalue weighted by Gasteiger charge is -2.54. The highest BCUT2D eigenvalue weighted by atomic mass is 16.6. The highest BCUT2D eigenvalue weighted by molar-refractivity contribution is 5.77. The van der Waals surface area contributed by atoms with Gasteiger partial charge < -0.3 is 25.2 Å². The summed E-state index contributed by atoms with van der Waals surface area (Å²) in [6.45, 7) is 2.56. The summed E-state index contributed by atoms with van der Waals surface area (Å²) >= 11 is 0. The van der Waals surface area contributed by atoms with E-state index in [1.807, 2.05) is 20.0 Å². The van der Waals surface area contributed by atoms with Gasteiger partial charge in [-0.25, -0.2) is 0 Å². The van der Waals surface area contributed by atoms with Crippen LogP contribution >= 0.6 is 0 Å². The number of nitrogens with two attached hydrogens (primary N) is 1. The van der Waals surface area contributed by atoms with Crippen molar-refractivity contribution in [2.75, 3.05) is 20.2 Å². The lowest BCUT2D eigenvalue weighted by molar-refractivity contribution is -0.262. The molecule has 0 saturated carbocycles. The summed E-state index contributed by atoms with van der Waals surface area (Å²) in [5.41, 5.74) is 6.26. The molecule has 6 heteroatoms. The van der Waals surface area contributed by atoms with Gasteiger partial charge in [0.15, 0.2) is 0 Å². The fraction of sp³-hybridized carbons (Fsp3) is 0.667. The molecule has 3 fully saturated rings. The van der Waals surface area contributed by atoms with Gasteiger partial charge in [0, 0.05) is 19.6 Å². The van der Waals surface area contributed by atoms with Crippen molar-refractivity contribution >= 4 is 5.91 Å². The van der Waals surface area contributed by atoms with Crippen molar-refractivity contribution in [1.29, 1.82) is 0 Å². The van der Waals surface area contributed by atoms with Gasteiger partial charge in [0.05, 0.1) is 17.3 Å². The maximum Gasteiger partial charge on any atom is 0.248 e. The summed E-state index contributed by atoms with van der Waals surface area (Å²) in [7, 11) is 1.81. The molecule has 3 N–H and O–H groups in total. The van der Waals surface area contributed by atoms with Crippen molar-refractivity contribution in [1.82, 2.24) is 4.90 Å². The average Bonchev–Trinajstić information content (AvgIpc) is 2.73. The number of rotatable bonds is 2. The van der Waals surface area contributed by atoms with E-state index in [0.29, 0.717) is 13.0 Å². The molecule has 148 valence electrons. The zero-order chi connectivity index (χ0) is 19.2. The Balaban J connectivity index is 1.72. The van der Waals surface area contributed by atoms with Gasteiger partial charge in [-0.2, -0.15) is 0 Å². The molecule has 2 unspecified atom stereocenters. The van der Waals surface area contributed by atoms with Gasteiger partial charge in [-0.15, -0.1) is 0 Å². The highest BCUT2D eigenvalue weighted by Gasteiger charge is 2.58. The van der Waals surface area contributed by atoms with Gasteiger partial charge in [-0.1, -0.05) is 30.3 Å². The second-order valence-electron chi connectivity index (χ2n) is 8.72. The van der Waals surface area contributed by atoms with E-state index >= 15 is 0 Å². The van der Waals surface area contributed by atoms with Gasteiger partial charge in [0.25, 0.3) is 0 Å². The molecule has 0 radical (unpaired) electrons. The molecular weight excluding hydrogens is 344 g/mol. The third-order valence-corrected chi connectivity index (χ3v) is 6.74. The maximum absolute atomic E-state index is 11.9. The summed E-state index contributed by atoms with van der Waals surface area (Å²) in [4.78, 5) is 13.6. The molecule has 6 atom stereocenters. The number of aliphatic hydroxyl groups is 1. The van der Waals surface area contributed by atoms with E-state index in [-0.39, 0.29) is 30.6 Å². The van der Waals surface area contributed by atoms with E-state index in [2.05, 4.69) is 24.3 Å². The molecule has 3 heterocycles. The first-order valence-corrected chi connectivity index (χ1v) is 9.87. The lowest BCUT2D eigenvalue weighted by Crippen LogP contribution is -2.63. The first-order valence-electron chi connectivity index (χ1n) is 9.87. The number of aliphatic hydroxyl groups excluding tert-OH is 1. The minimum atomic E-state index is -0.738. The Hall–Kier alpha value is -1.47. The van der Waals surface area contributed by atoms with E-state index < -0.39 is 17.3 Å². The van der Waals surface area contributed by atoms with E-state index in [1.165, 1.54) is 5.56 Å². The monoisotopic (exact) mass is 374 g/mol. The van der Waals surface area contributed by atoms with Crippen LogP contribution in [0.15, 0.2) is 30.3 Å². The number of benzene rings is 1. The zero-order valence-corrected chi connectivity index (χ0v) is 16.1. The van der Waals surface area contributed by atoms with Crippen molar-refractivity contribution in [3.63, 3.8) is 0 Å². The van der Waals surface area contributed by atoms with Crippen molar-refractivity contribution in [2.45, 2.75) is 68.0 Å². The normalized spacial score (nSPS) is 42.7. The summed E-state index contributed by atoms with van der Waals surface area (Å²) in [5.74, 6) is 0.239. The first-order chi connectivity index (χ1) is 12.8. The number of carbonyl (C=O) groups excluding carboxylic acids is 1. The molecular formula is C21H30N2O4. The van der Waals surface area contributed by atoms with Crippen LogP contribution in [0.3, 0.4) is 0 Å². The molecule has 1 aromatic rings. The van der Waals surface area contributed by atoms with Crippen LogP contribution in [0.4, 0.5) is 0 Å². The SMILES string of the molecule is CN1CC(C23CC[C@H](N)[C@@H](O)[C@](C)(C[C@@H](c4ccccc4)C2)O3)OCC1=O. The summed E-state index contributed by atoms with van der Waals surface area (Å²) in [6, 6.07) is 10.1. The van der Waals surface area contributed by atoms with Crippen LogP contribution in [0.2, 0.25) is 0 Å². The Kier molecular flexibility index (Phi) is 4.79. The van der Waals surface area contributed by atoms with Crippen molar-refractivity contribution in [3.05, 3.63) is 35.9 Å². The molecule has 3 saturated heterocycles. The predicted octanol–water partition coefficient (Wildman–Crippen LogP) is 1.42. The number of likely N-dealkylation sites (N-methyl/N-ethyl adjacent to an activating group) is 1. The van der Waals surface area contributed by atoms with Crippen LogP contribution < -0.4 is 5.73 Å². The summed E-state index contributed by atoms with van der Waals surface area (Å²) < 4.78 is 12.7. The topological polar surface area (TPSA) is 85.0 Å². The van der Waals surface area contributed by atoms with Crippen LogP contribution in [0.1, 0.15) is 44.1 Å². The molecule has 0 aliphatic carbocycles. The van der Waals surface area contributed by atoms with E-state index in [1.54, 1.807) is 4.90 Å². The fourth-order valence-electron chi connectivity index (χ4n) is 5.20. The van der Waals surface area contributed by atoms with Crippen LogP contribution in [-0.2, 0) is 14.3 Å². The Morgan fingerprint density at radius 1 is 1.26 bits per heavy atom. The van der Waals surface area contributed by atoms with Gasteiger partial charge in [0.1, 0.15) is 12.7 Å². The molecule has 1 amide bonds. The van der Waals surface area contributed by atoms with Crippen molar-refractivity contribution in [2.24, 2.45) is 5.73 Å². The Bertz CT molecular complexity index is 699. The lowest BCUT2D eigenvalue weighted by atomic mass is 9.72. The number of ether oxygens (including phenoxy) is 2. The third kappa shape index (κ3) is 3.29. The number of amides is 1.